The van der Waals surface area contributed by atoms with Crippen molar-refractivity contribution in [1.82, 2.24) is 4.90 Å². The van der Waals surface area contributed by atoms with E-state index in [1.54, 1.807) is 29.2 Å². The number of amides is 2. The van der Waals surface area contributed by atoms with Gasteiger partial charge in [-0.3, -0.25) is 0 Å². The van der Waals surface area contributed by atoms with Gasteiger partial charge in [0.1, 0.15) is 12.4 Å². The number of carbonyl (C=O) groups is 2. The molecule has 1 aliphatic heterocycles. The van der Waals surface area contributed by atoms with Crippen molar-refractivity contribution in [2.75, 3.05) is 25.6 Å². The molecule has 1 N–H and O–H groups in total. The van der Waals surface area contributed by atoms with E-state index in [0.717, 1.165) is 22.4 Å². The van der Waals surface area contributed by atoms with Crippen LogP contribution in [0, 0.1) is 0 Å². The van der Waals surface area contributed by atoms with E-state index in [2.05, 4.69) is 5.32 Å². The van der Waals surface area contributed by atoms with Crippen molar-refractivity contribution in [3.8, 4) is 5.75 Å². The molecule has 0 atom stereocenters. The normalized spacial score (nSPS) is 12.8. The minimum absolute atomic E-state index is 0.279. The topological polar surface area (TPSA) is 77.1 Å². The number of hydrogen-bond acceptors (Lipinski definition) is 5. The predicted octanol–water partition coefficient (Wildman–Crippen LogP) is 5.27. The highest BCUT2D eigenvalue weighted by Gasteiger charge is 2.21. The highest BCUT2D eigenvalue weighted by molar-refractivity contribution is 6.31. The van der Waals surface area contributed by atoms with Crippen LogP contribution in [0.3, 0.4) is 0 Å². The van der Waals surface area contributed by atoms with E-state index < -0.39 is 5.97 Å². The van der Waals surface area contributed by atoms with Gasteiger partial charge in [0, 0.05) is 16.3 Å². The molecule has 8 heteroatoms. The van der Waals surface area contributed by atoms with Crippen LogP contribution in [0.4, 0.5) is 10.5 Å². The van der Waals surface area contributed by atoms with Gasteiger partial charge in [-0.2, -0.15) is 0 Å². The zero-order chi connectivity index (χ0) is 23.9. The van der Waals surface area contributed by atoms with Crippen LogP contribution in [0.25, 0.3) is 0 Å². The molecule has 0 aromatic heterocycles. The third-order valence-corrected chi connectivity index (χ3v) is 5.78. The maximum atomic E-state index is 12.9. The standard InChI is InChI=1S/C26H25ClN2O5/c1-32-25(30)19-6-4-7-22(14-19)28-26(31)29-11-12-34-24-10-9-18(13-21(24)15-29)16-33-17-20-5-2-3-8-23(20)27/h2-10,13-14H,11-12,15-17H2,1H3,(H,28,31). The van der Waals surface area contributed by atoms with E-state index in [4.69, 9.17) is 25.8 Å². The van der Waals surface area contributed by atoms with Gasteiger partial charge in [0.25, 0.3) is 0 Å². The molecular formula is C26H25ClN2O5. The van der Waals surface area contributed by atoms with Gasteiger partial charge in [-0.15, -0.1) is 0 Å². The van der Waals surface area contributed by atoms with Crippen LogP contribution in [-0.4, -0.2) is 37.2 Å². The zero-order valence-electron chi connectivity index (χ0n) is 18.8. The highest BCUT2D eigenvalue weighted by Crippen LogP contribution is 2.26. The van der Waals surface area contributed by atoms with Gasteiger partial charge in [-0.1, -0.05) is 41.9 Å². The van der Waals surface area contributed by atoms with Gasteiger partial charge in [-0.05, 0) is 47.5 Å². The number of esters is 1. The monoisotopic (exact) mass is 480 g/mol. The number of halogens is 1. The molecule has 0 saturated heterocycles. The summed E-state index contributed by atoms with van der Waals surface area (Å²) in [6, 6.07) is 19.8. The SMILES string of the molecule is COC(=O)c1cccc(NC(=O)N2CCOc3ccc(COCc4ccccc4Cl)cc3C2)c1. The Kier molecular flexibility index (Phi) is 7.67. The second kappa shape index (κ2) is 11.0. The number of benzene rings is 3. The van der Waals surface area contributed by atoms with Crippen LogP contribution < -0.4 is 10.1 Å². The van der Waals surface area contributed by atoms with Gasteiger partial charge in [0.2, 0.25) is 0 Å². The fraction of sp³-hybridized carbons (Fsp3) is 0.231. The summed E-state index contributed by atoms with van der Waals surface area (Å²) in [5.74, 6) is 0.287. The van der Waals surface area contributed by atoms with Gasteiger partial charge >= 0.3 is 12.0 Å². The molecule has 1 heterocycles. The first-order valence-corrected chi connectivity index (χ1v) is 11.2. The molecule has 1 aliphatic rings. The molecule has 2 amide bonds. The molecule has 3 aromatic carbocycles. The Morgan fingerprint density at radius 2 is 1.91 bits per heavy atom. The first-order chi connectivity index (χ1) is 16.5. The summed E-state index contributed by atoms with van der Waals surface area (Å²) in [4.78, 5) is 26.4. The molecule has 0 radical (unpaired) electrons. The molecule has 3 aromatic rings. The largest absolute Gasteiger partial charge is 0.491 e. The van der Waals surface area contributed by atoms with Gasteiger partial charge < -0.3 is 24.4 Å². The number of hydrogen-bond donors (Lipinski definition) is 1. The lowest BCUT2D eigenvalue weighted by molar-refractivity contribution is 0.0600. The highest BCUT2D eigenvalue weighted by atomic mass is 35.5. The molecule has 0 fully saturated rings. The number of nitrogens with one attached hydrogen (secondary N) is 1. The molecule has 7 nitrogen and oxygen atoms in total. The smallest absolute Gasteiger partial charge is 0.337 e. The summed E-state index contributed by atoms with van der Waals surface area (Å²) in [6.07, 6.45) is 0. The van der Waals surface area contributed by atoms with Gasteiger partial charge in [0.05, 0.1) is 39.0 Å². The Morgan fingerprint density at radius 1 is 1.06 bits per heavy atom. The fourth-order valence-electron chi connectivity index (χ4n) is 3.65. The van der Waals surface area contributed by atoms with Crippen molar-refractivity contribution in [1.29, 1.82) is 0 Å². The second-order valence-electron chi connectivity index (χ2n) is 7.80. The lowest BCUT2D eigenvalue weighted by Crippen LogP contribution is -2.36. The number of urea groups is 1. The average Bonchev–Trinajstić information content (AvgIpc) is 3.07. The number of anilines is 1. The van der Waals surface area contributed by atoms with Gasteiger partial charge in [-0.25, -0.2) is 9.59 Å². The summed E-state index contributed by atoms with van der Waals surface area (Å²) in [5, 5.41) is 3.53. The molecule has 0 saturated carbocycles. The number of methoxy groups -OCH3 is 1. The van der Waals surface area contributed by atoms with Crippen molar-refractivity contribution in [2.24, 2.45) is 0 Å². The Morgan fingerprint density at radius 3 is 2.74 bits per heavy atom. The Bertz CT molecular complexity index is 1180. The molecule has 4 rings (SSSR count). The van der Waals surface area contributed by atoms with Gasteiger partial charge in [0.15, 0.2) is 0 Å². The number of rotatable bonds is 6. The van der Waals surface area contributed by atoms with Crippen molar-refractivity contribution in [3.63, 3.8) is 0 Å². The van der Waals surface area contributed by atoms with Crippen LogP contribution in [0.15, 0.2) is 66.7 Å². The summed E-state index contributed by atoms with van der Waals surface area (Å²) >= 11 is 6.19. The zero-order valence-corrected chi connectivity index (χ0v) is 19.5. The third-order valence-electron chi connectivity index (χ3n) is 5.41. The molecule has 0 spiro atoms. The average molecular weight is 481 g/mol. The summed E-state index contributed by atoms with van der Waals surface area (Å²) < 4.78 is 16.4. The quantitative estimate of drug-likeness (QED) is 0.486. The van der Waals surface area contributed by atoms with Crippen molar-refractivity contribution >= 4 is 29.3 Å². The number of ether oxygens (including phenoxy) is 3. The first kappa shape index (κ1) is 23.6. The fourth-order valence-corrected chi connectivity index (χ4v) is 3.84. The van der Waals surface area contributed by atoms with Crippen molar-refractivity contribution < 1.29 is 23.8 Å². The molecule has 176 valence electrons. The van der Waals surface area contributed by atoms with E-state index >= 15 is 0 Å². The summed E-state index contributed by atoms with van der Waals surface area (Å²) in [7, 11) is 1.32. The molecule has 0 unspecified atom stereocenters. The van der Waals surface area contributed by atoms with Crippen LogP contribution in [0.1, 0.15) is 27.0 Å². The van der Waals surface area contributed by atoms with E-state index in [9.17, 15) is 9.59 Å². The van der Waals surface area contributed by atoms with E-state index in [-0.39, 0.29) is 6.03 Å². The maximum Gasteiger partial charge on any atom is 0.337 e. The minimum Gasteiger partial charge on any atom is -0.491 e. The lowest BCUT2D eigenvalue weighted by Gasteiger charge is -2.21. The third kappa shape index (κ3) is 5.87. The van der Waals surface area contributed by atoms with Crippen LogP contribution in [0.2, 0.25) is 5.02 Å². The first-order valence-electron chi connectivity index (χ1n) is 10.8. The number of carbonyl (C=O) groups excluding carboxylic acids is 2. The van der Waals surface area contributed by atoms with E-state index in [0.29, 0.717) is 49.2 Å². The number of nitrogens with zero attached hydrogens (tertiary/aromatic N) is 1. The molecule has 0 aliphatic carbocycles. The Balaban J connectivity index is 1.40. The predicted molar refractivity (Wildman–Crippen MR) is 129 cm³/mol. The van der Waals surface area contributed by atoms with Crippen LogP contribution in [0.5, 0.6) is 5.75 Å². The summed E-state index contributed by atoms with van der Waals surface area (Å²) in [6.45, 7) is 2.01. The van der Waals surface area contributed by atoms with Crippen LogP contribution in [-0.2, 0) is 29.2 Å². The molecule has 34 heavy (non-hydrogen) atoms. The molecular weight excluding hydrogens is 456 g/mol. The van der Waals surface area contributed by atoms with E-state index in [1.807, 2.05) is 42.5 Å². The minimum atomic E-state index is -0.461. The van der Waals surface area contributed by atoms with Crippen LogP contribution >= 0.6 is 11.6 Å². The Hall–Kier alpha value is -3.55. The second-order valence-corrected chi connectivity index (χ2v) is 8.21. The maximum absolute atomic E-state index is 12.9. The van der Waals surface area contributed by atoms with E-state index in [1.165, 1.54) is 7.11 Å². The summed E-state index contributed by atoms with van der Waals surface area (Å²) in [5.41, 5.74) is 3.69. The lowest BCUT2D eigenvalue weighted by atomic mass is 10.1. The Labute approximate surface area is 203 Å². The van der Waals surface area contributed by atoms with Crippen molar-refractivity contribution in [3.05, 3.63) is 94.0 Å². The molecule has 0 bridgehead atoms. The number of fused-ring (bicyclic) bond motifs is 1. The van der Waals surface area contributed by atoms with Crippen molar-refractivity contribution in [2.45, 2.75) is 19.8 Å².